The molecular weight excluding hydrogens is 352 g/mol. The molecule has 0 unspecified atom stereocenters. The van der Waals surface area contributed by atoms with Crippen molar-refractivity contribution in [3.05, 3.63) is 45.7 Å². The first-order chi connectivity index (χ1) is 9.13. The molecule has 0 atom stereocenters. The molecule has 2 aromatic heterocycles. The van der Waals surface area contributed by atoms with E-state index in [2.05, 4.69) is 31.1 Å². The van der Waals surface area contributed by atoms with Gasteiger partial charge in [0, 0.05) is 18.0 Å². The van der Waals surface area contributed by atoms with Crippen LogP contribution in [0.2, 0.25) is 5.02 Å². The van der Waals surface area contributed by atoms with Crippen molar-refractivity contribution in [1.29, 1.82) is 0 Å². The van der Waals surface area contributed by atoms with Crippen LogP contribution in [0.3, 0.4) is 0 Å². The highest BCUT2D eigenvalue weighted by atomic mass is 79.9. The lowest BCUT2D eigenvalue weighted by molar-refractivity contribution is 0.318. The summed E-state index contributed by atoms with van der Waals surface area (Å²) in [6.45, 7) is 0. The summed E-state index contributed by atoms with van der Waals surface area (Å²) in [4.78, 5) is 8.39. The zero-order chi connectivity index (χ0) is 13.8. The Kier molecular flexibility index (Phi) is 4.62. The van der Waals surface area contributed by atoms with Gasteiger partial charge in [-0.2, -0.15) is 0 Å². The van der Waals surface area contributed by atoms with E-state index in [0.29, 0.717) is 15.6 Å². The molecule has 0 spiro atoms. The van der Waals surface area contributed by atoms with Gasteiger partial charge in [-0.15, -0.1) is 0 Å². The lowest BCUT2D eigenvalue weighted by Gasteiger charge is -2.07. The molecule has 0 aliphatic heterocycles. The molecule has 0 bridgehead atoms. The standard InChI is InChI=1S/C11H8BrClN4OS/c12-7-2-1-4-15-10(7)19-11-8(13)6(3-5-16-11)9(14)17-18/h1-5,18H,(H2,14,17). The second kappa shape index (κ2) is 6.23. The molecule has 2 heterocycles. The number of oxime groups is 1. The predicted molar refractivity (Wildman–Crippen MR) is 77.8 cm³/mol. The summed E-state index contributed by atoms with van der Waals surface area (Å²) in [5.41, 5.74) is 5.97. The van der Waals surface area contributed by atoms with E-state index in [4.69, 9.17) is 22.5 Å². The highest BCUT2D eigenvalue weighted by Gasteiger charge is 2.13. The Bertz CT molecular complexity index is 638. The van der Waals surface area contributed by atoms with E-state index < -0.39 is 0 Å². The summed E-state index contributed by atoms with van der Waals surface area (Å²) in [5.74, 6) is -0.0608. The SMILES string of the molecule is N/C(=N/O)c1ccnc(Sc2ncccc2Br)c1Cl. The van der Waals surface area contributed by atoms with Gasteiger partial charge < -0.3 is 10.9 Å². The number of amidine groups is 1. The molecule has 0 saturated heterocycles. The molecule has 5 nitrogen and oxygen atoms in total. The maximum absolute atomic E-state index is 8.69. The van der Waals surface area contributed by atoms with Gasteiger partial charge in [0.1, 0.15) is 10.1 Å². The van der Waals surface area contributed by atoms with Gasteiger partial charge in [0.2, 0.25) is 0 Å². The maximum Gasteiger partial charge on any atom is 0.171 e. The van der Waals surface area contributed by atoms with E-state index in [1.165, 1.54) is 11.8 Å². The summed E-state index contributed by atoms with van der Waals surface area (Å²) in [5, 5.41) is 13.2. The minimum Gasteiger partial charge on any atom is -0.409 e. The van der Waals surface area contributed by atoms with E-state index in [1.54, 1.807) is 18.5 Å². The van der Waals surface area contributed by atoms with Crippen LogP contribution in [-0.2, 0) is 0 Å². The van der Waals surface area contributed by atoms with Crippen molar-refractivity contribution in [2.24, 2.45) is 10.9 Å². The van der Waals surface area contributed by atoms with Gasteiger partial charge in [0.05, 0.1) is 9.50 Å². The van der Waals surface area contributed by atoms with E-state index in [9.17, 15) is 0 Å². The number of hydrogen-bond acceptors (Lipinski definition) is 5. The third-order valence-corrected chi connectivity index (χ3v) is 4.58. The Labute approximate surface area is 127 Å². The fourth-order valence-corrected chi connectivity index (χ4v) is 2.88. The van der Waals surface area contributed by atoms with Crippen LogP contribution in [0, 0.1) is 0 Å². The first-order valence-corrected chi connectivity index (χ1v) is 7.03. The van der Waals surface area contributed by atoms with E-state index in [1.807, 2.05) is 12.1 Å². The van der Waals surface area contributed by atoms with Gasteiger partial charge in [-0.1, -0.05) is 16.8 Å². The van der Waals surface area contributed by atoms with Crippen LogP contribution in [0.4, 0.5) is 0 Å². The fraction of sp³-hybridized carbons (Fsp3) is 0. The van der Waals surface area contributed by atoms with Crippen molar-refractivity contribution in [2.45, 2.75) is 10.1 Å². The van der Waals surface area contributed by atoms with Gasteiger partial charge in [0.15, 0.2) is 5.84 Å². The van der Waals surface area contributed by atoms with Crippen LogP contribution in [0.5, 0.6) is 0 Å². The number of nitrogens with zero attached hydrogens (tertiary/aromatic N) is 3. The van der Waals surface area contributed by atoms with Crippen LogP contribution in [0.1, 0.15) is 5.56 Å². The van der Waals surface area contributed by atoms with Gasteiger partial charge in [0.25, 0.3) is 0 Å². The number of pyridine rings is 2. The Morgan fingerprint density at radius 1 is 1.32 bits per heavy atom. The minimum absolute atomic E-state index is 0.0608. The lowest BCUT2D eigenvalue weighted by Crippen LogP contribution is -2.14. The molecule has 0 aliphatic rings. The molecule has 8 heteroatoms. The molecule has 0 amide bonds. The molecule has 0 aliphatic carbocycles. The topological polar surface area (TPSA) is 84.4 Å². The second-order valence-electron chi connectivity index (χ2n) is 3.36. The number of aromatic nitrogens is 2. The van der Waals surface area contributed by atoms with Crippen molar-refractivity contribution < 1.29 is 5.21 Å². The lowest BCUT2D eigenvalue weighted by atomic mass is 10.2. The van der Waals surface area contributed by atoms with Crippen molar-refractivity contribution in [3.63, 3.8) is 0 Å². The van der Waals surface area contributed by atoms with Gasteiger partial charge in [-0.25, -0.2) is 9.97 Å². The van der Waals surface area contributed by atoms with Gasteiger partial charge in [-0.05, 0) is 45.9 Å². The molecule has 2 aromatic rings. The quantitative estimate of drug-likeness (QED) is 0.381. The summed E-state index contributed by atoms with van der Waals surface area (Å²) in [7, 11) is 0. The molecule has 0 saturated carbocycles. The first kappa shape index (κ1) is 14.1. The van der Waals surface area contributed by atoms with Crippen LogP contribution < -0.4 is 5.73 Å². The number of rotatable bonds is 3. The van der Waals surface area contributed by atoms with Crippen LogP contribution in [0.15, 0.2) is 50.3 Å². The molecule has 2 rings (SSSR count). The van der Waals surface area contributed by atoms with Crippen molar-refractivity contribution in [3.8, 4) is 0 Å². The Morgan fingerprint density at radius 2 is 2.05 bits per heavy atom. The average Bonchev–Trinajstić information content (AvgIpc) is 2.42. The molecule has 3 N–H and O–H groups in total. The van der Waals surface area contributed by atoms with E-state index >= 15 is 0 Å². The van der Waals surface area contributed by atoms with Crippen molar-refractivity contribution in [1.82, 2.24) is 9.97 Å². The summed E-state index contributed by atoms with van der Waals surface area (Å²) in [6.07, 6.45) is 3.22. The van der Waals surface area contributed by atoms with Crippen LogP contribution in [0.25, 0.3) is 0 Å². The van der Waals surface area contributed by atoms with Crippen molar-refractivity contribution in [2.75, 3.05) is 0 Å². The molecule has 98 valence electrons. The Morgan fingerprint density at radius 3 is 2.74 bits per heavy atom. The summed E-state index contributed by atoms with van der Waals surface area (Å²) >= 11 is 10.9. The smallest absolute Gasteiger partial charge is 0.171 e. The zero-order valence-corrected chi connectivity index (χ0v) is 12.6. The zero-order valence-electron chi connectivity index (χ0n) is 9.42. The number of hydrogen-bond donors (Lipinski definition) is 2. The Balaban J connectivity index is 2.40. The monoisotopic (exact) mass is 358 g/mol. The second-order valence-corrected chi connectivity index (χ2v) is 5.57. The van der Waals surface area contributed by atoms with Crippen molar-refractivity contribution >= 4 is 45.1 Å². The van der Waals surface area contributed by atoms with E-state index in [-0.39, 0.29) is 5.84 Å². The third-order valence-electron chi connectivity index (χ3n) is 2.16. The maximum atomic E-state index is 8.69. The summed E-state index contributed by atoms with van der Waals surface area (Å²) < 4.78 is 0.840. The van der Waals surface area contributed by atoms with E-state index in [0.717, 1.165) is 9.50 Å². The normalized spacial score (nSPS) is 11.6. The summed E-state index contributed by atoms with van der Waals surface area (Å²) in [6, 6.07) is 5.27. The largest absolute Gasteiger partial charge is 0.409 e. The number of halogens is 2. The third kappa shape index (κ3) is 3.17. The fourth-order valence-electron chi connectivity index (χ4n) is 1.29. The van der Waals surface area contributed by atoms with Crippen LogP contribution in [-0.4, -0.2) is 21.0 Å². The Hall–Kier alpha value is -1.31. The van der Waals surface area contributed by atoms with Gasteiger partial charge in [-0.3, -0.25) is 0 Å². The minimum atomic E-state index is -0.0608. The molecule has 0 aromatic carbocycles. The predicted octanol–water partition coefficient (Wildman–Crippen LogP) is 3.14. The molecule has 0 fully saturated rings. The molecule has 0 radical (unpaired) electrons. The average molecular weight is 360 g/mol. The number of nitrogens with two attached hydrogens (primary N) is 1. The highest BCUT2D eigenvalue weighted by Crippen LogP contribution is 2.35. The van der Waals surface area contributed by atoms with Gasteiger partial charge >= 0.3 is 0 Å². The van der Waals surface area contributed by atoms with Crippen LogP contribution >= 0.6 is 39.3 Å². The highest BCUT2D eigenvalue weighted by molar-refractivity contribution is 9.10. The molecular formula is C11H8BrClN4OS. The molecule has 19 heavy (non-hydrogen) atoms. The first-order valence-electron chi connectivity index (χ1n) is 5.04.